The van der Waals surface area contributed by atoms with Crippen molar-refractivity contribution < 1.29 is 22.8 Å². The fraction of sp³-hybridized carbons (Fsp3) is 0.429. The highest BCUT2D eigenvalue weighted by atomic mass is 19.4. The van der Waals surface area contributed by atoms with Gasteiger partial charge in [-0.25, -0.2) is 0 Å². The van der Waals surface area contributed by atoms with E-state index in [2.05, 4.69) is 5.32 Å². The second kappa shape index (κ2) is 4.07. The monoisotopic (exact) mass is 283 g/mol. The highest BCUT2D eigenvalue weighted by molar-refractivity contribution is 6.07. The number of ketones is 1. The molecule has 1 aromatic carbocycles. The Morgan fingerprint density at radius 2 is 1.75 bits per heavy atom. The summed E-state index contributed by atoms with van der Waals surface area (Å²) >= 11 is 0. The number of rotatable bonds is 0. The van der Waals surface area contributed by atoms with Gasteiger partial charge in [-0.15, -0.1) is 0 Å². The Labute approximate surface area is 113 Å². The van der Waals surface area contributed by atoms with Crippen LogP contribution in [0.15, 0.2) is 18.2 Å². The topological polar surface area (TPSA) is 46.2 Å². The van der Waals surface area contributed by atoms with Crippen molar-refractivity contribution in [3.63, 3.8) is 0 Å². The van der Waals surface area contributed by atoms with Gasteiger partial charge in [-0.3, -0.25) is 9.59 Å². The van der Waals surface area contributed by atoms with Gasteiger partial charge in [0.1, 0.15) is 5.78 Å². The van der Waals surface area contributed by atoms with Crippen molar-refractivity contribution in [3.8, 4) is 0 Å². The largest absolute Gasteiger partial charge is 0.416 e. The van der Waals surface area contributed by atoms with Gasteiger partial charge in [-0.2, -0.15) is 13.2 Å². The summed E-state index contributed by atoms with van der Waals surface area (Å²) in [7, 11) is 0. The summed E-state index contributed by atoms with van der Waals surface area (Å²) in [6.07, 6.45) is -3.09. The number of nitrogens with one attached hydrogen (secondary N) is 1. The third kappa shape index (κ3) is 1.82. The number of halogens is 3. The minimum atomic E-state index is -4.43. The number of amides is 1. The standard InChI is InChI=1S/C14H12F3NO2/c15-14(16,17)8-1-2-10-11(7-8)18-12(20)13(10)5-3-9(19)4-6-13/h1-2,7H,3-6H2,(H,18,20). The Morgan fingerprint density at radius 1 is 1.10 bits per heavy atom. The zero-order valence-corrected chi connectivity index (χ0v) is 10.5. The highest BCUT2D eigenvalue weighted by Crippen LogP contribution is 2.48. The average Bonchev–Trinajstić information content (AvgIpc) is 2.64. The Morgan fingerprint density at radius 3 is 2.35 bits per heavy atom. The predicted octanol–water partition coefficient (Wildman–Crippen LogP) is 3.04. The Bertz CT molecular complexity index is 597. The lowest BCUT2D eigenvalue weighted by atomic mass is 9.70. The molecule has 20 heavy (non-hydrogen) atoms. The van der Waals surface area contributed by atoms with E-state index in [-0.39, 0.29) is 17.4 Å². The quantitative estimate of drug-likeness (QED) is 0.795. The van der Waals surface area contributed by atoms with Crippen molar-refractivity contribution in [1.82, 2.24) is 0 Å². The second-order valence-electron chi connectivity index (χ2n) is 5.33. The molecule has 0 radical (unpaired) electrons. The van der Waals surface area contributed by atoms with Crippen molar-refractivity contribution >= 4 is 17.4 Å². The molecular formula is C14H12F3NO2. The first kappa shape index (κ1) is 13.1. The molecule has 1 spiro atoms. The van der Waals surface area contributed by atoms with Gasteiger partial charge in [0.25, 0.3) is 0 Å². The summed E-state index contributed by atoms with van der Waals surface area (Å²) in [6.45, 7) is 0. The molecule has 1 heterocycles. The molecule has 106 valence electrons. The van der Waals surface area contributed by atoms with Gasteiger partial charge in [0.05, 0.1) is 11.0 Å². The molecule has 1 amide bonds. The van der Waals surface area contributed by atoms with Crippen LogP contribution in [0.4, 0.5) is 18.9 Å². The third-order valence-corrected chi connectivity index (χ3v) is 4.21. The van der Waals surface area contributed by atoms with Gasteiger partial charge in [0.15, 0.2) is 0 Å². The predicted molar refractivity (Wildman–Crippen MR) is 65.2 cm³/mol. The number of hydrogen-bond donors (Lipinski definition) is 1. The first-order chi connectivity index (χ1) is 9.33. The molecule has 3 nitrogen and oxygen atoms in total. The summed E-state index contributed by atoms with van der Waals surface area (Å²) in [5, 5.41) is 2.54. The Balaban J connectivity index is 2.04. The first-order valence-electron chi connectivity index (χ1n) is 6.38. The molecule has 1 aromatic rings. The number of carbonyl (C=O) groups excluding carboxylic acids is 2. The smallest absolute Gasteiger partial charge is 0.325 e. The molecular weight excluding hydrogens is 271 g/mol. The number of hydrogen-bond acceptors (Lipinski definition) is 2. The number of benzene rings is 1. The number of alkyl halides is 3. The minimum absolute atomic E-state index is 0.101. The number of fused-ring (bicyclic) bond motifs is 2. The van der Waals surface area contributed by atoms with Crippen LogP contribution in [-0.2, 0) is 21.2 Å². The zero-order chi connectivity index (χ0) is 14.5. The lowest BCUT2D eigenvalue weighted by Gasteiger charge is -2.30. The molecule has 0 atom stereocenters. The van der Waals surface area contributed by atoms with E-state index < -0.39 is 17.2 Å². The van der Waals surface area contributed by atoms with Crippen LogP contribution in [0, 0.1) is 0 Å². The van der Waals surface area contributed by atoms with Gasteiger partial charge in [-0.05, 0) is 30.5 Å². The molecule has 3 rings (SSSR count). The van der Waals surface area contributed by atoms with Crippen molar-refractivity contribution in [2.45, 2.75) is 37.3 Å². The molecule has 1 saturated carbocycles. The summed E-state index contributed by atoms with van der Waals surface area (Å²) in [4.78, 5) is 23.5. The average molecular weight is 283 g/mol. The van der Waals surface area contributed by atoms with Gasteiger partial charge < -0.3 is 5.32 Å². The Kier molecular flexibility index (Phi) is 2.68. The summed E-state index contributed by atoms with van der Waals surface area (Å²) in [5.74, 6) is -0.192. The molecule has 0 unspecified atom stereocenters. The van der Waals surface area contributed by atoms with E-state index in [1.807, 2.05) is 0 Å². The van der Waals surface area contributed by atoms with Crippen LogP contribution in [0.3, 0.4) is 0 Å². The fourth-order valence-electron chi connectivity index (χ4n) is 3.06. The highest BCUT2D eigenvalue weighted by Gasteiger charge is 2.49. The second-order valence-corrected chi connectivity index (χ2v) is 5.33. The summed E-state index contributed by atoms with van der Waals surface area (Å²) in [6, 6.07) is 3.33. The van der Waals surface area contributed by atoms with E-state index >= 15 is 0 Å². The molecule has 6 heteroatoms. The van der Waals surface area contributed by atoms with Crippen LogP contribution in [0.2, 0.25) is 0 Å². The first-order valence-corrected chi connectivity index (χ1v) is 6.38. The normalized spacial score (nSPS) is 20.9. The van der Waals surface area contributed by atoms with Gasteiger partial charge >= 0.3 is 6.18 Å². The molecule has 1 aliphatic heterocycles. The zero-order valence-electron chi connectivity index (χ0n) is 10.5. The lowest BCUT2D eigenvalue weighted by Crippen LogP contribution is -2.38. The van der Waals surface area contributed by atoms with Crippen molar-refractivity contribution in [1.29, 1.82) is 0 Å². The molecule has 1 N–H and O–H groups in total. The van der Waals surface area contributed by atoms with Gasteiger partial charge in [0, 0.05) is 18.5 Å². The van der Waals surface area contributed by atoms with E-state index in [0.717, 1.165) is 12.1 Å². The SMILES string of the molecule is O=C1CCC2(CC1)C(=O)Nc1cc(C(F)(F)F)ccc12. The van der Waals surface area contributed by atoms with Gasteiger partial charge in [-0.1, -0.05) is 6.07 Å². The van der Waals surface area contributed by atoms with Crippen LogP contribution < -0.4 is 5.32 Å². The minimum Gasteiger partial charge on any atom is -0.325 e. The maximum Gasteiger partial charge on any atom is 0.416 e. The summed E-state index contributed by atoms with van der Waals surface area (Å²) < 4.78 is 38.0. The van der Waals surface area contributed by atoms with Crippen LogP contribution in [0.1, 0.15) is 36.8 Å². The number of carbonyl (C=O) groups is 2. The third-order valence-electron chi connectivity index (χ3n) is 4.21. The molecule has 1 fully saturated rings. The molecule has 2 aliphatic rings. The van der Waals surface area contributed by atoms with Crippen molar-refractivity contribution in [2.24, 2.45) is 0 Å². The summed E-state index contributed by atoms with van der Waals surface area (Å²) in [5.41, 5.74) is -0.796. The van der Waals surface area contributed by atoms with E-state index in [9.17, 15) is 22.8 Å². The van der Waals surface area contributed by atoms with E-state index in [1.165, 1.54) is 6.07 Å². The number of Topliss-reactive ketones (excluding diaryl/α,β-unsaturated/α-hetero) is 1. The van der Waals surface area contributed by atoms with Crippen LogP contribution in [0.25, 0.3) is 0 Å². The molecule has 0 aromatic heterocycles. The Hall–Kier alpha value is -1.85. The van der Waals surface area contributed by atoms with E-state index in [1.54, 1.807) is 0 Å². The fourth-order valence-corrected chi connectivity index (χ4v) is 3.06. The molecule has 0 saturated heterocycles. The van der Waals surface area contributed by atoms with E-state index in [0.29, 0.717) is 31.2 Å². The molecule has 1 aliphatic carbocycles. The van der Waals surface area contributed by atoms with E-state index in [4.69, 9.17) is 0 Å². The number of anilines is 1. The molecule has 0 bridgehead atoms. The maximum atomic E-state index is 12.7. The van der Waals surface area contributed by atoms with Crippen molar-refractivity contribution in [3.05, 3.63) is 29.3 Å². The maximum absolute atomic E-state index is 12.7. The van der Waals surface area contributed by atoms with Gasteiger partial charge in [0.2, 0.25) is 5.91 Å². The van der Waals surface area contributed by atoms with Crippen LogP contribution >= 0.6 is 0 Å². The lowest BCUT2D eigenvalue weighted by molar-refractivity contribution is -0.137. The van der Waals surface area contributed by atoms with Crippen molar-refractivity contribution in [2.75, 3.05) is 5.32 Å². The van der Waals surface area contributed by atoms with Crippen LogP contribution in [0.5, 0.6) is 0 Å². The van der Waals surface area contributed by atoms with Crippen LogP contribution in [-0.4, -0.2) is 11.7 Å².